The van der Waals surface area contributed by atoms with Crippen LogP contribution >= 0.6 is 0 Å². The number of nitrogens with one attached hydrogen (secondary N) is 1. The van der Waals surface area contributed by atoms with Gasteiger partial charge in [0, 0.05) is 16.2 Å². The maximum absolute atomic E-state index is 12.5. The summed E-state index contributed by atoms with van der Waals surface area (Å²) in [5, 5.41) is 3.64. The van der Waals surface area contributed by atoms with Crippen molar-refractivity contribution in [1.82, 2.24) is 5.32 Å². The summed E-state index contributed by atoms with van der Waals surface area (Å²) in [6.45, 7) is 9.46. The van der Waals surface area contributed by atoms with E-state index in [4.69, 9.17) is 0 Å². The zero-order valence-electron chi connectivity index (χ0n) is 11.9. The van der Waals surface area contributed by atoms with Crippen molar-refractivity contribution in [3.63, 3.8) is 0 Å². The van der Waals surface area contributed by atoms with Gasteiger partial charge in [-0.1, -0.05) is 32.0 Å². The lowest BCUT2D eigenvalue weighted by atomic mass is 10.2. The molecule has 0 bridgehead atoms. The Labute approximate surface area is 114 Å². The Morgan fingerprint density at radius 1 is 1.28 bits per heavy atom. The summed E-state index contributed by atoms with van der Waals surface area (Å²) in [5.74, 6) is 0. The molecule has 1 aromatic rings. The van der Waals surface area contributed by atoms with E-state index in [1.165, 1.54) is 0 Å². The first kappa shape index (κ1) is 15.4. The maximum atomic E-state index is 12.5. The Hall–Kier alpha value is -0.670. The molecule has 0 aliphatic heterocycles. The molecule has 0 saturated heterocycles. The summed E-state index contributed by atoms with van der Waals surface area (Å²) in [7, 11) is -0.906. The van der Waals surface area contributed by atoms with Crippen LogP contribution in [0.15, 0.2) is 29.2 Å². The second-order valence-electron chi connectivity index (χ2n) is 4.96. The van der Waals surface area contributed by atoms with Gasteiger partial charge in [-0.2, -0.15) is 0 Å². The average molecular weight is 267 g/mol. The molecule has 1 aromatic carbocycles. The van der Waals surface area contributed by atoms with E-state index in [9.17, 15) is 4.21 Å². The molecule has 0 aliphatic carbocycles. The Kier molecular flexibility index (Phi) is 6.58. The highest BCUT2D eigenvalue weighted by molar-refractivity contribution is 7.85. The normalized spacial score (nSPS) is 16.2. The molecule has 0 aliphatic rings. The van der Waals surface area contributed by atoms with Gasteiger partial charge >= 0.3 is 0 Å². The van der Waals surface area contributed by atoms with Crippen molar-refractivity contribution in [2.24, 2.45) is 0 Å². The highest BCUT2D eigenvalue weighted by atomic mass is 32.2. The third kappa shape index (κ3) is 4.54. The summed E-state index contributed by atoms with van der Waals surface area (Å²) in [6.07, 6.45) is 2.08. The Morgan fingerprint density at radius 3 is 2.56 bits per heavy atom. The second kappa shape index (κ2) is 7.70. The molecule has 1 N–H and O–H groups in total. The lowest BCUT2D eigenvalue weighted by Crippen LogP contribution is -2.31. The highest BCUT2D eigenvalue weighted by Gasteiger charge is 2.17. The van der Waals surface area contributed by atoms with Crippen LogP contribution in [-0.4, -0.2) is 22.0 Å². The van der Waals surface area contributed by atoms with Crippen LogP contribution in [0.2, 0.25) is 0 Å². The third-order valence-electron chi connectivity index (χ3n) is 3.10. The van der Waals surface area contributed by atoms with Gasteiger partial charge < -0.3 is 5.32 Å². The van der Waals surface area contributed by atoms with Crippen LogP contribution in [-0.2, 0) is 10.8 Å². The molecule has 0 spiro atoms. The summed E-state index contributed by atoms with van der Waals surface area (Å²) in [4.78, 5) is 0.979. The van der Waals surface area contributed by atoms with Crippen LogP contribution in [0, 0.1) is 6.92 Å². The fourth-order valence-electron chi connectivity index (χ4n) is 2.06. The largest absolute Gasteiger partial charge is 0.314 e. The van der Waals surface area contributed by atoms with E-state index in [0.29, 0.717) is 6.04 Å². The summed E-state index contributed by atoms with van der Waals surface area (Å²) in [5.41, 5.74) is 1.12. The first-order valence-corrected chi connectivity index (χ1v) is 7.97. The lowest BCUT2D eigenvalue weighted by Gasteiger charge is -2.19. The van der Waals surface area contributed by atoms with Gasteiger partial charge in [0.15, 0.2) is 0 Å². The van der Waals surface area contributed by atoms with Gasteiger partial charge in [0.05, 0.1) is 10.8 Å². The molecule has 0 heterocycles. The number of hydrogen-bond donors (Lipinski definition) is 1. The van der Waals surface area contributed by atoms with Crippen LogP contribution in [0.25, 0.3) is 0 Å². The van der Waals surface area contributed by atoms with E-state index in [2.05, 4.69) is 26.1 Å². The van der Waals surface area contributed by atoms with Crippen molar-refractivity contribution >= 4 is 10.8 Å². The standard InChI is InChI=1S/C15H25NOS/c1-5-10-16-13(3)11-14(4)18(17)15-9-7-6-8-12(15)2/h6-9,13-14,16H,5,10-11H2,1-4H3. The fraction of sp³-hybridized carbons (Fsp3) is 0.600. The van der Waals surface area contributed by atoms with Gasteiger partial charge in [-0.3, -0.25) is 4.21 Å². The number of hydrogen-bond acceptors (Lipinski definition) is 2. The minimum absolute atomic E-state index is 0.186. The van der Waals surface area contributed by atoms with Crippen LogP contribution in [0.4, 0.5) is 0 Å². The Morgan fingerprint density at radius 2 is 1.94 bits per heavy atom. The molecule has 1 rings (SSSR count). The Bertz CT molecular complexity index is 392. The summed E-state index contributed by atoms with van der Waals surface area (Å²) < 4.78 is 12.5. The van der Waals surface area contributed by atoms with Gasteiger partial charge in [0.1, 0.15) is 0 Å². The zero-order valence-corrected chi connectivity index (χ0v) is 12.7. The van der Waals surface area contributed by atoms with Gasteiger partial charge in [0.2, 0.25) is 0 Å². The van der Waals surface area contributed by atoms with E-state index in [0.717, 1.165) is 29.8 Å². The van der Waals surface area contributed by atoms with E-state index in [-0.39, 0.29) is 5.25 Å². The first-order chi connectivity index (χ1) is 8.56. The van der Waals surface area contributed by atoms with Crippen LogP contribution in [0.5, 0.6) is 0 Å². The summed E-state index contributed by atoms with van der Waals surface area (Å²) in [6, 6.07) is 8.38. The topological polar surface area (TPSA) is 29.1 Å². The smallest absolute Gasteiger partial charge is 0.0561 e. The minimum atomic E-state index is -0.906. The van der Waals surface area contributed by atoms with Crippen molar-refractivity contribution < 1.29 is 4.21 Å². The zero-order chi connectivity index (χ0) is 13.5. The SMILES string of the molecule is CCCNC(C)CC(C)S(=O)c1ccccc1C. The van der Waals surface area contributed by atoms with Crippen molar-refractivity contribution in [1.29, 1.82) is 0 Å². The van der Waals surface area contributed by atoms with Gasteiger partial charge in [0.25, 0.3) is 0 Å². The van der Waals surface area contributed by atoms with E-state index in [1.54, 1.807) is 0 Å². The quantitative estimate of drug-likeness (QED) is 0.821. The van der Waals surface area contributed by atoms with Gasteiger partial charge in [-0.15, -0.1) is 0 Å². The molecular weight excluding hydrogens is 242 g/mol. The molecule has 3 atom stereocenters. The predicted molar refractivity (Wildman–Crippen MR) is 79.4 cm³/mol. The molecule has 3 unspecified atom stereocenters. The maximum Gasteiger partial charge on any atom is 0.0561 e. The second-order valence-corrected chi connectivity index (χ2v) is 6.80. The van der Waals surface area contributed by atoms with Crippen LogP contribution in [0.3, 0.4) is 0 Å². The summed E-state index contributed by atoms with van der Waals surface area (Å²) >= 11 is 0. The van der Waals surface area contributed by atoms with Gasteiger partial charge in [-0.05, 0) is 44.9 Å². The minimum Gasteiger partial charge on any atom is -0.314 e. The van der Waals surface area contributed by atoms with Crippen LogP contribution < -0.4 is 5.32 Å². The molecule has 2 nitrogen and oxygen atoms in total. The van der Waals surface area contributed by atoms with Crippen molar-refractivity contribution in [3.05, 3.63) is 29.8 Å². The molecule has 0 amide bonds. The Balaban J connectivity index is 2.59. The highest BCUT2D eigenvalue weighted by Crippen LogP contribution is 2.18. The molecular formula is C15H25NOS. The van der Waals surface area contributed by atoms with E-state index < -0.39 is 10.8 Å². The monoisotopic (exact) mass is 267 g/mol. The molecule has 3 heteroatoms. The molecule has 0 radical (unpaired) electrons. The predicted octanol–water partition coefficient (Wildman–Crippen LogP) is 3.27. The van der Waals surface area contributed by atoms with E-state index in [1.807, 2.05) is 31.2 Å². The number of aryl methyl sites for hydroxylation is 1. The molecule has 18 heavy (non-hydrogen) atoms. The average Bonchev–Trinajstić information content (AvgIpc) is 2.36. The number of benzene rings is 1. The van der Waals surface area contributed by atoms with Crippen LogP contribution in [0.1, 0.15) is 39.2 Å². The van der Waals surface area contributed by atoms with Crippen molar-refractivity contribution in [2.75, 3.05) is 6.54 Å². The molecule has 0 saturated carbocycles. The molecule has 0 fully saturated rings. The van der Waals surface area contributed by atoms with E-state index >= 15 is 0 Å². The first-order valence-electron chi connectivity index (χ1n) is 6.75. The van der Waals surface area contributed by atoms with Crippen molar-refractivity contribution in [3.8, 4) is 0 Å². The molecule has 102 valence electrons. The third-order valence-corrected chi connectivity index (χ3v) is 4.92. The fourth-order valence-corrected chi connectivity index (χ4v) is 3.55. The molecule has 0 aromatic heterocycles. The van der Waals surface area contributed by atoms with Crippen molar-refractivity contribution in [2.45, 2.75) is 56.7 Å². The lowest BCUT2D eigenvalue weighted by molar-refractivity contribution is 0.508. The van der Waals surface area contributed by atoms with Gasteiger partial charge in [-0.25, -0.2) is 0 Å². The number of rotatable bonds is 7.